The average Bonchev–Trinajstić information content (AvgIpc) is 3.19. The zero-order chi connectivity index (χ0) is 19.0. The van der Waals surface area contributed by atoms with Gasteiger partial charge in [0, 0.05) is 18.7 Å². The van der Waals surface area contributed by atoms with Crippen LogP contribution in [0.25, 0.3) is 16.7 Å². The van der Waals surface area contributed by atoms with E-state index >= 15 is 0 Å². The quantitative estimate of drug-likeness (QED) is 0.518. The summed E-state index contributed by atoms with van der Waals surface area (Å²) in [4.78, 5) is 9.54. The van der Waals surface area contributed by atoms with Crippen LogP contribution < -0.4 is 4.74 Å². The summed E-state index contributed by atoms with van der Waals surface area (Å²) < 4.78 is 9.34. The predicted molar refractivity (Wildman–Crippen MR) is 106 cm³/mol. The summed E-state index contributed by atoms with van der Waals surface area (Å²) in [6.07, 6.45) is 4.77. The lowest BCUT2D eigenvalue weighted by molar-refractivity contribution is 0.414. The minimum atomic E-state index is 0.682. The van der Waals surface area contributed by atoms with E-state index < -0.39 is 0 Å². The third-order valence-electron chi connectivity index (χ3n) is 5.25. The minimum absolute atomic E-state index is 0.682. The molecule has 0 unspecified atom stereocenters. The maximum atomic E-state index is 5.22. The van der Waals surface area contributed by atoms with Gasteiger partial charge in [-0.2, -0.15) is 0 Å². The van der Waals surface area contributed by atoms with Crippen molar-refractivity contribution in [2.45, 2.75) is 46.6 Å². The first-order valence-corrected chi connectivity index (χ1v) is 9.45. The third-order valence-corrected chi connectivity index (χ3v) is 5.25. The highest BCUT2D eigenvalue weighted by molar-refractivity contribution is 5.93. The molecule has 0 bridgehead atoms. The molecule has 0 N–H and O–H groups in total. The summed E-state index contributed by atoms with van der Waals surface area (Å²) in [6.45, 7) is 7.52. The normalized spacial score (nSPS) is 11.6. The van der Waals surface area contributed by atoms with Crippen LogP contribution in [0.15, 0.2) is 30.6 Å². The van der Waals surface area contributed by atoms with Crippen LogP contribution in [0.5, 0.6) is 5.75 Å². The molecule has 0 spiro atoms. The summed E-state index contributed by atoms with van der Waals surface area (Å²) in [5, 5.41) is 5.76. The van der Waals surface area contributed by atoms with Crippen molar-refractivity contribution in [3.8, 4) is 5.75 Å². The second-order valence-corrected chi connectivity index (χ2v) is 6.98. The van der Waals surface area contributed by atoms with E-state index in [4.69, 9.17) is 14.7 Å². The fourth-order valence-corrected chi connectivity index (χ4v) is 3.57. The Morgan fingerprint density at radius 3 is 2.56 bits per heavy atom. The number of benzene rings is 1. The standard InChI is InChI=1S/C21H25N5O/c1-5-6-11-25-15(3)14(2)19-20(25)22-13-26-21(19)23-18(24-26)12-16-7-9-17(27-4)10-8-16/h7-10,13H,5-6,11-12H2,1-4H3. The van der Waals surface area contributed by atoms with E-state index in [-0.39, 0.29) is 0 Å². The lowest BCUT2D eigenvalue weighted by atomic mass is 10.1. The molecule has 0 aliphatic heterocycles. The lowest BCUT2D eigenvalue weighted by Gasteiger charge is -2.06. The van der Waals surface area contributed by atoms with E-state index in [1.54, 1.807) is 18.0 Å². The Morgan fingerprint density at radius 2 is 1.85 bits per heavy atom. The summed E-state index contributed by atoms with van der Waals surface area (Å²) >= 11 is 0. The number of aryl methyl sites for hydroxylation is 2. The molecule has 0 saturated heterocycles. The number of hydrogen-bond donors (Lipinski definition) is 0. The number of ether oxygens (including phenoxy) is 1. The van der Waals surface area contributed by atoms with Gasteiger partial charge in [-0.1, -0.05) is 25.5 Å². The van der Waals surface area contributed by atoms with Crippen LogP contribution >= 0.6 is 0 Å². The van der Waals surface area contributed by atoms with Crippen molar-refractivity contribution < 1.29 is 4.74 Å². The molecule has 0 atom stereocenters. The van der Waals surface area contributed by atoms with Crippen molar-refractivity contribution in [3.63, 3.8) is 0 Å². The Balaban J connectivity index is 1.76. The van der Waals surface area contributed by atoms with E-state index in [0.29, 0.717) is 6.42 Å². The number of aromatic nitrogens is 5. The van der Waals surface area contributed by atoms with E-state index in [2.05, 4.69) is 42.6 Å². The summed E-state index contributed by atoms with van der Waals surface area (Å²) in [7, 11) is 1.67. The van der Waals surface area contributed by atoms with Crippen LogP contribution in [-0.2, 0) is 13.0 Å². The maximum absolute atomic E-state index is 5.22. The number of unbranched alkanes of at least 4 members (excludes halogenated alkanes) is 1. The van der Waals surface area contributed by atoms with Crippen LogP contribution in [0.2, 0.25) is 0 Å². The number of nitrogens with zero attached hydrogens (tertiary/aromatic N) is 5. The number of methoxy groups -OCH3 is 1. The molecule has 27 heavy (non-hydrogen) atoms. The van der Waals surface area contributed by atoms with Gasteiger partial charge in [0.1, 0.15) is 17.7 Å². The first-order valence-electron chi connectivity index (χ1n) is 9.45. The van der Waals surface area contributed by atoms with Gasteiger partial charge in [-0.15, -0.1) is 5.10 Å². The van der Waals surface area contributed by atoms with Gasteiger partial charge in [-0.05, 0) is 43.5 Å². The van der Waals surface area contributed by atoms with Crippen molar-refractivity contribution in [1.29, 1.82) is 0 Å². The van der Waals surface area contributed by atoms with E-state index in [9.17, 15) is 0 Å². The van der Waals surface area contributed by atoms with Gasteiger partial charge in [0.15, 0.2) is 11.5 Å². The first kappa shape index (κ1) is 17.5. The first-order chi connectivity index (χ1) is 13.1. The Hall–Kier alpha value is -2.89. The lowest BCUT2D eigenvalue weighted by Crippen LogP contribution is -2.02. The van der Waals surface area contributed by atoms with E-state index in [1.165, 1.54) is 11.3 Å². The molecular weight excluding hydrogens is 338 g/mol. The zero-order valence-electron chi connectivity index (χ0n) is 16.4. The van der Waals surface area contributed by atoms with Crippen LogP contribution in [0.1, 0.15) is 42.4 Å². The predicted octanol–water partition coefficient (Wildman–Crippen LogP) is 4.10. The van der Waals surface area contributed by atoms with Gasteiger partial charge in [-0.3, -0.25) is 0 Å². The van der Waals surface area contributed by atoms with Crippen LogP contribution in [-0.4, -0.2) is 31.3 Å². The van der Waals surface area contributed by atoms with Gasteiger partial charge in [0.25, 0.3) is 0 Å². The smallest absolute Gasteiger partial charge is 0.168 e. The summed E-state index contributed by atoms with van der Waals surface area (Å²) in [5.74, 6) is 1.65. The van der Waals surface area contributed by atoms with Gasteiger partial charge in [-0.25, -0.2) is 14.5 Å². The molecule has 0 saturated carbocycles. The zero-order valence-corrected chi connectivity index (χ0v) is 16.4. The Kier molecular flexibility index (Phi) is 4.56. The summed E-state index contributed by atoms with van der Waals surface area (Å²) in [5.41, 5.74) is 5.55. The molecule has 0 aliphatic rings. The largest absolute Gasteiger partial charge is 0.497 e. The topological polar surface area (TPSA) is 57.2 Å². The molecular formula is C21H25N5O. The van der Waals surface area contributed by atoms with Gasteiger partial charge in [0.05, 0.1) is 12.5 Å². The van der Waals surface area contributed by atoms with Crippen molar-refractivity contribution in [2.24, 2.45) is 0 Å². The minimum Gasteiger partial charge on any atom is -0.497 e. The Bertz CT molecular complexity index is 1090. The van der Waals surface area contributed by atoms with Crippen LogP contribution in [0, 0.1) is 13.8 Å². The Labute approximate surface area is 158 Å². The molecule has 4 aromatic rings. The molecule has 6 heteroatoms. The second-order valence-electron chi connectivity index (χ2n) is 6.98. The molecule has 4 rings (SSSR count). The summed E-state index contributed by atoms with van der Waals surface area (Å²) in [6, 6.07) is 8.03. The molecule has 1 aromatic carbocycles. The molecule has 0 radical (unpaired) electrons. The van der Waals surface area contributed by atoms with Gasteiger partial charge < -0.3 is 9.30 Å². The van der Waals surface area contributed by atoms with Gasteiger partial charge in [0.2, 0.25) is 0 Å². The highest BCUT2D eigenvalue weighted by atomic mass is 16.5. The third kappa shape index (κ3) is 3.05. The molecule has 0 aliphatic carbocycles. The number of rotatable bonds is 6. The maximum Gasteiger partial charge on any atom is 0.168 e. The Morgan fingerprint density at radius 1 is 1.07 bits per heavy atom. The number of hydrogen-bond acceptors (Lipinski definition) is 4. The monoisotopic (exact) mass is 363 g/mol. The molecule has 0 fully saturated rings. The molecule has 0 amide bonds. The van der Waals surface area contributed by atoms with E-state index in [1.807, 2.05) is 12.1 Å². The van der Waals surface area contributed by atoms with Crippen molar-refractivity contribution in [3.05, 3.63) is 53.2 Å². The fraction of sp³-hybridized carbons (Fsp3) is 0.381. The molecule has 3 aromatic heterocycles. The van der Waals surface area contributed by atoms with Crippen molar-refractivity contribution in [1.82, 2.24) is 24.1 Å². The molecule has 6 nitrogen and oxygen atoms in total. The SMILES string of the molecule is CCCCn1c(C)c(C)c2c1ncn1nc(Cc3ccc(OC)cc3)nc21. The van der Waals surface area contributed by atoms with Gasteiger partial charge >= 0.3 is 0 Å². The van der Waals surface area contributed by atoms with Crippen molar-refractivity contribution in [2.75, 3.05) is 7.11 Å². The van der Waals surface area contributed by atoms with Crippen LogP contribution in [0.3, 0.4) is 0 Å². The second kappa shape index (κ2) is 7.02. The average molecular weight is 363 g/mol. The van der Waals surface area contributed by atoms with Crippen molar-refractivity contribution >= 4 is 16.7 Å². The highest BCUT2D eigenvalue weighted by Crippen LogP contribution is 2.27. The van der Waals surface area contributed by atoms with E-state index in [0.717, 1.165) is 53.2 Å². The number of fused-ring (bicyclic) bond motifs is 3. The highest BCUT2D eigenvalue weighted by Gasteiger charge is 2.17. The molecule has 140 valence electrons. The van der Waals surface area contributed by atoms with Crippen LogP contribution in [0.4, 0.5) is 0 Å². The molecule has 3 heterocycles. The fourth-order valence-electron chi connectivity index (χ4n) is 3.57.